The molecule has 0 radical (unpaired) electrons. The molecule has 1 amide bonds. The van der Waals surface area contributed by atoms with Gasteiger partial charge in [-0.1, -0.05) is 12.1 Å². The Hall–Kier alpha value is -2.34. The van der Waals surface area contributed by atoms with Gasteiger partial charge < -0.3 is 10.2 Å². The third kappa shape index (κ3) is 2.70. The molecule has 2 heterocycles. The highest BCUT2D eigenvalue weighted by Crippen LogP contribution is 2.37. The lowest BCUT2D eigenvalue weighted by Gasteiger charge is -2.17. The van der Waals surface area contributed by atoms with Crippen molar-refractivity contribution in [3.63, 3.8) is 0 Å². The van der Waals surface area contributed by atoms with Crippen LogP contribution in [0.3, 0.4) is 0 Å². The van der Waals surface area contributed by atoms with Gasteiger partial charge in [-0.05, 0) is 47.9 Å². The Morgan fingerprint density at radius 1 is 1.04 bits per heavy atom. The van der Waals surface area contributed by atoms with Crippen molar-refractivity contribution in [2.75, 3.05) is 26.7 Å². The predicted molar refractivity (Wildman–Crippen MR) is 87.8 cm³/mol. The molecule has 6 heteroatoms. The van der Waals surface area contributed by atoms with E-state index in [2.05, 4.69) is 17.3 Å². The number of benzene rings is 2. The van der Waals surface area contributed by atoms with Crippen LogP contribution in [-0.2, 0) is 0 Å². The van der Waals surface area contributed by atoms with Gasteiger partial charge in [0.1, 0.15) is 0 Å². The quantitative estimate of drug-likeness (QED) is 0.805. The first kappa shape index (κ1) is 16.1. The molecule has 0 spiro atoms. The summed E-state index contributed by atoms with van der Waals surface area (Å²) in [6, 6.07) is 7.11. The summed E-state index contributed by atoms with van der Waals surface area (Å²) in [6.07, 6.45) is 0. The number of carbonyl (C=O) groups is 1. The summed E-state index contributed by atoms with van der Waals surface area (Å²) in [5, 5.41) is 2.93. The van der Waals surface area contributed by atoms with E-state index in [1.54, 1.807) is 12.1 Å². The monoisotopic (exact) mass is 346 g/mol. The van der Waals surface area contributed by atoms with E-state index < -0.39 is 17.5 Å². The molecule has 2 aromatic carbocycles. The summed E-state index contributed by atoms with van der Waals surface area (Å²) in [5.74, 6) is -3.57. The molecule has 1 saturated heterocycles. The number of fused-ring (bicyclic) bond motifs is 3. The maximum atomic E-state index is 13.5. The van der Waals surface area contributed by atoms with Gasteiger partial charge in [-0.15, -0.1) is 0 Å². The molecule has 0 aliphatic carbocycles. The molecule has 0 bridgehead atoms. The van der Waals surface area contributed by atoms with Gasteiger partial charge in [0.2, 0.25) is 0 Å². The first-order valence-electron chi connectivity index (χ1n) is 8.19. The highest BCUT2D eigenvalue weighted by Gasteiger charge is 2.36. The van der Waals surface area contributed by atoms with E-state index in [-0.39, 0.29) is 17.4 Å². The number of amides is 1. The van der Waals surface area contributed by atoms with Gasteiger partial charge in [0, 0.05) is 31.1 Å². The Morgan fingerprint density at radius 3 is 2.48 bits per heavy atom. The Morgan fingerprint density at radius 2 is 1.76 bits per heavy atom. The van der Waals surface area contributed by atoms with E-state index in [0.717, 1.165) is 30.8 Å². The normalized spacial score (nSPS) is 23.0. The molecule has 0 aromatic heterocycles. The highest BCUT2D eigenvalue weighted by atomic mass is 19.2. The van der Waals surface area contributed by atoms with Crippen LogP contribution in [0, 0.1) is 23.4 Å². The number of rotatable bonds is 1. The molecule has 2 aliphatic rings. The predicted octanol–water partition coefficient (Wildman–Crippen LogP) is 3.16. The van der Waals surface area contributed by atoms with Crippen molar-refractivity contribution in [1.29, 1.82) is 0 Å². The van der Waals surface area contributed by atoms with Gasteiger partial charge in [0.15, 0.2) is 17.5 Å². The molecule has 0 saturated carbocycles. The minimum absolute atomic E-state index is 0.183. The number of hydrogen-bond donors (Lipinski definition) is 1. The van der Waals surface area contributed by atoms with Gasteiger partial charge in [0.25, 0.3) is 5.91 Å². The molecule has 2 atom stereocenters. The van der Waals surface area contributed by atoms with E-state index in [1.807, 2.05) is 6.07 Å². The van der Waals surface area contributed by atoms with Gasteiger partial charge in [-0.25, -0.2) is 13.2 Å². The zero-order valence-electron chi connectivity index (χ0n) is 13.7. The van der Waals surface area contributed by atoms with E-state index in [0.29, 0.717) is 23.6 Å². The van der Waals surface area contributed by atoms with E-state index in [9.17, 15) is 18.0 Å². The van der Waals surface area contributed by atoms with Crippen LogP contribution in [0.25, 0.3) is 11.1 Å². The molecule has 2 aliphatic heterocycles. The van der Waals surface area contributed by atoms with Crippen molar-refractivity contribution in [2.24, 2.45) is 5.92 Å². The van der Waals surface area contributed by atoms with E-state index in [4.69, 9.17) is 0 Å². The summed E-state index contributed by atoms with van der Waals surface area (Å²) in [4.78, 5) is 14.7. The highest BCUT2D eigenvalue weighted by molar-refractivity contribution is 5.97. The topological polar surface area (TPSA) is 32.3 Å². The summed E-state index contributed by atoms with van der Waals surface area (Å²) in [5.41, 5.74) is 2.16. The lowest BCUT2D eigenvalue weighted by atomic mass is 9.86. The van der Waals surface area contributed by atoms with E-state index >= 15 is 0 Å². The van der Waals surface area contributed by atoms with Crippen LogP contribution in [0.5, 0.6) is 0 Å². The minimum Gasteiger partial charge on any atom is -0.352 e. The fourth-order valence-corrected chi connectivity index (χ4v) is 3.94. The van der Waals surface area contributed by atoms with Crippen molar-refractivity contribution in [3.05, 3.63) is 58.9 Å². The SMILES string of the molecule is CN1CC2CNC(=O)c3cc(-c4cc(F)c(F)c(F)c4)ccc3C2C1. The number of hydrogen-bond acceptors (Lipinski definition) is 2. The third-order valence-electron chi connectivity index (χ3n) is 5.16. The van der Waals surface area contributed by atoms with Gasteiger partial charge in [0.05, 0.1) is 0 Å². The Labute approximate surface area is 143 Å². The summed E-state index contributed by atoms with van der Waals surface area (Å²) in [6.45, 7) is 2.39. The van der Waals surface area contributed by atoms with Crippen LogP contribution in [0.4, 0.5) is 13.2 Å². The average Bonchev–Trinajstić information content (AvgIpc) is 2.91. The molecule has 1 N–H and O–H groups in total. The number of likely N-dealkylation sites (tertiary alicyclic amines) is 1. The molecular weight excluding hydrogens is 329 g/mol. The molecule has 25 heavy (non-hydrogen) atoms. The summed E-state index contributed by atoms with van der Waals surface area (Å²) in [7, 11) is 2.05. The Balaban J connectivity index is 1.80. The van der Waals surface area contributed by atoms with Crippen molar-refractivity contribution >= 4 is 5.91 Å². The van der Waals surface area contributed by atoms with Crippen LogP contribution < -0.4 is 5.32 Å². The minimum atomic E-state index is -1.49. The lowest BCUT2D eigenvalue weighted by Crippen LogP contribution is -2.29. The largest absolute Gasteiger partial charge is 0.352 e. The molecular formula is C19H17F3N2O. The van der Waals surface area contributed by atoms with Crippen molar-refractivity contribution < 1.29 is 18.0 Å². The maximum absolute atomic E-state index is 13.5. The van der Waals surface area contributed by atoms with Crippen LogP contribution in [0.15, 0.2) is 30.3 Å². The first-order valence-corrected chi connectivity index (χ1v) is 8.19. The van der Waals surface area contributed by atoms with Crippen LogP contribution >= 0.6 is 0 Å². The molecule has 4 rings (SSSR count). The fraction of sp³-hybridized carbons (Fsp3) is 0.316. The van der Waals surface area contributed by atoms with Gasteiger partial charge in [-0.3, -0.25) is 4.79 Å². The number of carbonyl (C=O) groups excluding carboxylic acids is 1. The molecule has 2 unspecified atom stereocenters. The summed E-state index contributed by atoms with van der Waals surface area (Å²) < 4.78 is 40.2. The Kier molecular flexibility index (Phi) is 3.80. The third-order valence-corrected chi connectivity index (χ3v) is 5.16. The first-order chi connectivity index (χ1) is 11.9. The van der Waals surface area contributed by atoms with Crippen molar-refractivity contribution in [1.82, 2.24) is 10.2 Å². The van der Waals surface area contributed by atoms with Crippen LogP contribution in [0.1, 0.15) is 21.8 Å². The van der Waals surface area contributed by atoms with Crippen molar-refractivity contribution in [2.45, 2.75) is 5.92 Å². The van der Waals surface area contributed by atoms with Crippen molar-refractivity contribution in [3.8, 4) is 11.1 Å². The molecule has 3 nitrogen and oxygen atoms in total. The maximum Gasteiger partial charge on any atom is 0.251 e. The number of nitrogens with zero attached hydrogens (tertiary/aromatic N) is 1. The average molecular weight is 346 g/mol. The zero-order valence-corrected chi connectivity index (χ0v) is 13.7. The van der Waals surface area contributed by atoms with Crippen LogP contribution in [-0.4, -0.2) is 37.5 Å². The summed E-state index contributed by atoms with van der Waals surface area (Å²) >= 11 is 0. The second kappa shape index (κ2) is 5.88. The van der Waals surface area contributed by atoms with Gasteiger partial charge in [-0.2, -0.15) is 0 Å². The molecule has 130 valence electrons. The van der Waals surface area contributed by atoms with E-state index in [1.165, 1.54) is 0 Å². The standard InChI is InChI=1S/C19H17F3N2O/c1-24-8-12-7-23-19(25)14-4-10(2-3-13(14)15(12)9-24)11-5-16(20)18(22)17(21)6-11/h2-6,12,15H,7-9H2,1H3,(H,23,25). The Bertz CT molecular complexity index is 845. The fourth-order valence-electron chi connectivity index (χ4n) is 3.94. The second-order valence-electron chi connectivity index (χ2n) is 6.85. The van der Waals surface area contributed by atoms with Crippen LogP contribution in [0.2, 0.25) is 0 Å². The molecule has 1 fully saturated rings. The number of halogens is 3. The molecule has 2 aromatic rings. The van der Waals surface area contributed by atoms with Gasteiger partial charge >= 0.3 is 0 Å². The second-order valence-corrected chi connectivity index (χ2v) is 6.85. The lowest BCUT2D eigenvalue weighted by molar-refractivity contribution is 0.0951. The number of likely N-dealkylation sites (N-methyl/N-ethyl adjacent to an activating group) is 1. The number of nitrogens with one attached hydrogen (secondary N) is 1. The zero-order chi connectivity index (χ0) is 17.7. The smallest absolute Gasteiger partial charge is 0.251 e.